The SMILES string of the molecule is Fc1ccc(N=Cc2ccccc2)cc1Cl. The maximum atomic E-state index is 12.9. The summed E-state index contributed by atoms with van der Waals surface area (Å²) in [5, 5.41) is 0.0858. The molecule has 0 heterocycles. The van der Waals surface area contributed by atoms with Crippen LogP contribution in [0.25, 0.3) is 0 Å². The number of halogens is 2. The van der Waals surface area contributed by atoms with Gasteiger partial charge in [0.15, 0.2) is 0 Å². The van der Waals surface area contributed by atoms with Gasteiger partial charge in [-0.05, 0) is 23.8 Å². The molecule has 0 spiro atoms. The van der Waals surface area contributed by atoms with Gasteiger partial charge in [0.25, 0.3) is 0 Å². The van der Waals surface area contributed by atoms with Gasteiger partial charge in [0.05, 0.1) is 10.7 Å². The molecule has 0 fully saturated rings. The fraction of sp³-hybridized carbons (Fsp3) is 0. The first-order valence-corrected chi connectivity index (χ1v) is 5.18. The molecule has 0 amide bonds. The van der Waals surface area contributed by atoms with Gasteiger partial charge in [-0.25, -0.2) is 4.39 Å². The molecule has 2 rings (SSSR count). The second kappa shape index (κ2) is 4.90. The Bertz CT molecular complexity index is 509. The minimum Gasteiger partial charge on any atom is -0.256 e. The van der Waals surface area contributed by atoms with E-state index in [0.717, 1.165) is 5.56 Å². The van der Waals surface area contributed by atoms with Crippen molar-refractivity contribution in [2.24, 2.45) is 4.99 Å². The van der Waals surface area contributed by atoms with Crippen LogP contribution in [0.5, 0.6) is 0 Å². The van der Waals surface area contributed by atoms with Crippen molar-refractivity contribution in [2.75, 3.05) is 0 Å². The van der Waals surface area contributed by atoms with Gasteiger partial charge in [-0.1, -0.05) is 41.9 Å². The molecule has 0 radical (unpaired) electrons. The highest BCUT2D eigenvalue weighted by molar-refractivity contribution is 6.31. The Kier molecular flexibility index (Phi) is 3.32. The van der Waals surface area contributed by atoms with Crippen molar-refractivity contribution in [3.63, 3.8) is 0 Å². The number of hydrogen-bond donors (Lipinski definition) is 0. The van der Waals surface area contributed by atoms with Crippen molar-refractivity contribution in [1.82, 2.24) is 0 Å². The monoisotopic (exact) mass is 233 g/mol. The van der Waals surface area contributed by atoms with E-state index in [2.05, 4.69) is 4.99 Å². The van der Waals surface area contributed by atoms with Gasteiger partial charge >= 0.3 is 0 Å². The topological polar surface area (TPSA) is 12.4 Å². The first kappa shape index (κ1) is 10.8. The van der Waals surface area contributed by atoms with Gasteiger partial charge < -0.3 is 0 Å². The van der Waals surface area contributed by atoms with E-state index in [1.165, 1.54) is 12.1 Å². The van der Waals surface area contributed by atoms with E-state index in [1.54, 1.807) is 12.3 Å². The second-order valence-electron chi connectivity index (χ2n) is 3.27. The van der Waals surface area contributed by atoms with Crippen LogP contribution in [0.15, 0.2) is 53.5 Å². The standard InChI is InChI=1S/C13H9ClFN/c14-12-8-11(6-7-13(12)15)16-9-10-4-2-1-3-5-10/h1-9H. The Hall–Kier alpha value is -1.67. The van der Waals surface area contributed by atoms with E-state index in [1.807, 2.05) is 30.3 Å². The molecule has 3 heteroatoms. The molecule has 80 valence electrons. The lowest BCUT2D eigenvalue weighted by atomic mass is 10.2. The molecule has 0 aliphatic rings. The Morgan fingerprint density at radius 2 is 1.81 bits per heavy atom. The Balaban J connectivity index is 2.21. The van der Waals surface area contributed by atoms with Gasteiger partial charge in [0.2, 0.25) is 0 Å². The van der Waals surface area contributed by atoms with Crippen molar-refractivity contribution in [3.8, 4) is 0 Å². The van der Waals surface area contributed by atoms with Gasteiger partial charge in [-0.3, -0.25) is 4.99 Å². The smallest absolute Gasteiger partial charge is 0.141 e. The van der Waals surface area contributed by atoms with Crippen LogP contribution in [0.3, 0.4) is 0 Å². The van der Waals surface area contributed by atoms with Gasteiger partial charge in [-0.15, -0.1) is 0 Å². The molecule has 0 N–H and O–H groups in total. The summed E-state index contributed by atoms with van der Waals surface area (Å²) in [7, 11) is 0. The van der Waals surface area contributed by atoms with Crippen LogP contribution in [-0.2, 0) is 0 Å². The van der Waals surface area contributed by atoms with E-state index in [-0.39, 0.29) is 5.02 Å². The second-order valence-corrected chi connectivity index (χ2v) is 3.67. The van der Waals surface area contributed by atoms with Gasteiger partial charge in [-0.2, -0.15) is 0 Å². The Morgan fingerprint density at radius 3 is 2.50 bits per heavy atom. The van der Waals surface area contributed by atoms with E-state index in [0.29, 0.717) is 5.69 Å². The minimum atomic E-state index is -0.430. The maximum Gasteiger partial charge on any atom is 0.141 e. The van der Waals surface area contributed by atoms with Crippen LogP contribution in [-0.4, -0.2) is 6.21 Å². The number of aliphatic imine (C=N–C) groups is 1. The van der Waals surface area contributed by atoms with Crippen molar-refractivity contribution >= 4 is 23.5 Å². The summed E-state index contributed by atoms with van der Waals surface area (Å²) in [4.78, 5) is 4.20. The number of benzene rings is 2. The fourth-order valence-electron chi connectivity index (χ4n) is 1.25. The molecule has 16 heavy (non-hydrogen) atoms. The summed E-state index contributed by atoms with van der Waals surface area (Å²) >= 11 is 5.65. The lowest BCUT2D eigenvalue weighted by Crippen LogP contribution is -1.79. The molecule has 2 aromatic carbocycles. The molecule has 0 saturated carbocycles. The maximum absolute atomic E-state index is 12.9. The van der Waals surface area contributed by atoms with Crippen LogP contribution in [0.1, 0.15) is 5.56 Å². The average Bonchev–Trinajstić information content (AvgIpc) is 2.32. The highest BCUT2D eigenvalue weighted by atomic mass is 35.5. The zero-order chi connectivity index (χ0) is 11.4. The molecule has 0 unspecified atom stereocenters. The summed E-state index contributed by atoms with van der Waals surface area (Å²) < 4.78 is 12.9. The molecule has 0 bridgehead atoms. The van der Waals surface area contributed by atoms with Crippen molar-refractivity contribution < 1.29 is 4.39 Å². The summed E-state index contributed by atoms with van der Waals surface area (Å²) in [6.45, 7) is 0. The zero-order valence-electron chi connectivity index (χ0n) is 8.40. The Labute approximate surface area is 98.2 Å². The van der Waals surface area contributed by atoms with E-state index < -0.39 is 5.82 Å². The normalized spacial score (nSPS) is 10.9. The quantitative estimate of drug-likeness (QED) is 0.689. The van der Waals surface area contributed by atoms with E-state index in [9.17, 15) is 4.39 Å². The third-order valence-corrected chi connectivity index (χ3v) is 2.36. The number of rotatable bonds is 2. The van der Waals surface area contributed by atoms with Crippen molar-refractivity contribution in [3.05, 3.63) is 64.9 Å². The summed E-state index contributed by atoms with van der Waals surface area (Å²) in [6, 6.07) is 14.1. The molecule has 0 aliphatic carbocycles. The summed E-state index contributed by atoms with van der Waals surface area (Å²) in [5.41, 5.74) is 1.62. The Morgan fingerprint density at radius 1 is 1.06 bits per heavy atom. The third-order valence-electron chi connectivity index (χ3n) is 2.07. The molecular weight excluding hydrogens is 225 g/mol. The van der Waals surface area contributed by atoms with Crippen molar-refractivity contribution in [2.45, 2.75) is 0 Å². The molecule has 2 aromatic rings. The third kappa shape index (κ3) is 2.67. The molecule has 0 aromatic heterocycles. The lowest BCUT2D eigenvalue weighted by Gasteiger charge is -1.96. The minimum absolute atomic E-state index is 0.0858. The molecule has 1 nitrogen and oxygen atoms in total. The van der Waals surface area contributed by atoms with Crippen LogP contribution >= 0.6 is 11.6 Å². The zero-order valence-corrected chi connectivity index (χ0v) is 9.16. The number of nitrogens with zero attached hydrogens (tertiary/aromatic N) is 1. The van der Waals surface area contributed by atoms with Crippen LogP contribution in [0.2, 0.25) is 5.02 Å². The largest absolute Gasteiger partial charge is 0.256 e. The van der Waals surface area contributed by atoms with Crippen molar-refractivity contribution in [1.29, 1.82) is 0 Å². The summed E-state index contributed by atoms with van der Waals surface area (Å²) in [5.74, 6) is -0.430. The summed E-state index contributed by atoms with van der Waals surface area (Å²) in [6.07, 6.45) is 1.71. The van der Waals surface area contributed by atoms with E-state index in [4.69, 9.17) is 11.6 Å². The molecular formula is C13H9ClFN. The van der Waals surface area contributed by atoms with Crippen LogP contribution < -0.4 is 0 Å². The predicted octanol–water partition coefficient (Wildman–Crippen LogP) is 4.23. The van der Waals surface area contributed by atoms with Crippen LogP contribution in [0, 0.1) is 5.82 Å². The predicted molar refractivity (Wildman–Crippen MR) is 65.1 cm³/mol. The molecule has 0 saturated heterocycles. The van der Waals surface area contributed by atoms with E-state index >= 15 is 0 Å². The highest BCUT2D eigenvalue weighted by Gasteiger charge is 1.98. The fourth-order valence-corrected chi connectivity index (χ4v) is 1.43. The highest BCUT2D eigenvalue weighted by Crippen LogP contribution is 2.21. The first-order chi connectivity index (χ1) is 7.75. The first-order valence-electron chi connectivity index (χ1n) is 4.80. The van der Waals surface area contributed by atoms with Gasteiger partial charge in [0.1, 0.15) is 5.82 Å². The number of hydrogen-bond acceptors (Lipinski definition) is 1. The molecule has 0 atom stereocenters. The van der Waals surface area contributed by atoms with Crippen LogP contribution in [0.4, 0.5) is 10.1 Å². The van der Waals surface area contributed by atoms with Gasteiger partial charge in [0, 0.05) is 6.21 Å². The molecule has 0 aliphatic heterocycles. The lowest BCUT2D eigenvalue weighted by molar-refractivity contribution is 0.628. The average molecular weight is 234 g/mol.